The summed E-state index contributed by atoms with van der Waals surface area (Å²) in [7, 11) is 3.39. The second-order valence-electron chi connectivity index (χ2n) is 3.84. The topological polar surface area (TPSA) is 58.6 Å². The van der Waals surface area contributed by atoms with Crippen LogP contribution in [0.4, 0.5) is 9.93 Å². The van der Waals surface area contributed by atoms with Gasteiger partial charge in [0.05, 0.1) is 0 Å². The minimum atomic E-state index is -0.249. The third-order valence-corrected chi connectivity index (χ3v) is 4.61. The van der Waals surface area contributed by atoms with Gasteiger partial charge in [0.25, 0.3) is 0 Å². The lowest BCUT2D eigenvalue weighted by atomic mass is 10.3. The van der Waals surface area contributed by atoms with Crippen molar-refractivity contribution >= 4 is 34.3 Å². The molecule has 1 atom stereocenters. The van der Waals surface area contributed by atoms with Gasteiger partial charge in [0.15, 0.2) is 4.34 Å². The van der Waals surface area contributed by atoms with Crippen molar-refractivity contribution in [1.29, 1.82) is 0 Å². The van der Waals surface area contributed by atoms with E-state index in [2.05, 4.69) is 17.1 Å². The normalized spacial score (nSPS) is 20.6. The number of carbonyl (C=O) groups is 1. The molecule has 6 nitrogen and oxygen atoms in total. The molecule has 1 aromatic heterocycles. The molecule has 100 valence electrons. The highest BCUT2D eigenvalue weighted by atomic mass is 32.2. The molecule has 0 aliphatic carbocycles. The molecular weight excluding hydrogens is 272 g/mol. The Morgan fingerprint density at radius 1 is 1.56 bits per heavy atom. The first-order chi connectivity index (χ1) is 8.67. The number of carbonyl (C=O) groups excluding carboxylic acids is 1. The molecule has 1 aliphatic rings. The number of urea groups is 1. The molecule has 0 spiro atoms. The number of methoxy groups -OCH3 is 1. The average molecular weight is 288 g/mol. The van der Waals surface area contributed by atoms with Gasteiger partial charge in [-0.2, -0.15) is 0 Å². The van der Waals surface area contributed by atoms with Gasteiger partial charge >= 0.3 is 6.03 Å². The van der Waals surface area contributed by atoms with Gasteiger partial charge in [-0.05, 0) is 5.75 Å². The standard InChI is InChI=1S/C10H16N4O2S2/c1-4-17-9-12-11-8(18-9)14-7(16-3)5-6-13(2)10(14)15/h7H,4-6H2,1-3H3. The number of hydrogen-bond donors (Lipinski definition) is 0. The Kier molecular flexibility index (Phi) is 4.41. The maximum Gasteiger partial charge on any atom is 0.328 e. The van der Waals surface area contributed by atoms with Crippen molar-refractivity contribution < 1.29 is 9.53 Å². The van der Waals surface area contributed by atoms with Crippen LogP contribution < -0.4 is 4.90 Å². The molecule has 1 saturated heterocycles. The molecule has 2 heterocycles. The van der Waals surface area contributed by atoms with E-state index in [-0.39, 0.29) is 12.3 Å². The number of anilines is 1. The molecule has 1 fully saturated rings. The number of thioether (sulfide) groups is 1. The molecule has 1 aromatic rings. The van der Waals surface area contributed by atoms with Crippen molar-refractivity contribution in [1.82, 2.24) is 15.1 Å². The summed E-state index contributed by atoms with van der Waals surface area (Å²) >= 11 is 3.05. The number of aromatic nitrogens is 2. The van der Waals surface area contributed by atoms with Gasteiger partial charge in [0.2, 0.25) is 5.13 Å². The first-order valence-corrected chi connectivity index (χ1v) is 7.51. The summed E-state index contributed by atoms with van der Waals surface area (Å²) < 4.78 is 6.23. The number of ether oxygens (including phenoxy) is 1. The third kappa shape index (κ3) is 2.60. The molecule has 8 heteroatoms. The summed E-state index contributed by atoms with van der Waals surface area (Å²) in [6.45, 7) is 2.76. The molecule has 2 amide bonds. The zero-order valence-electron chi connectivity index (χ0n) is 10.6. The van der Waals surface area contributed by atoms with E-state index in [1.165, 1.54) is 11.3 Å². The molecule has 18 heavy (non-hydrogen) atoms. The van der Waals surface area contributed by atoms with Crippen LogP contribution in [0.25, 0.3) is 0 Å². The molecule has 0 aromatic carbocycles. The van der Waals surface area contributed by atoms with E-state index in [1.807, 2.05) is 0 Å². The first-order valence-electron chi connectivity index (χ1n) is 5.70. The summed E-state index contributed by atoms with van der Waals surface area (Å²) in [4.78, 5) is 15.4. The van der Waals surface area contributed by atoms with Crippen LogP contribution in [-0.2, 0) is 4.74 Å². The minimum absolute atomic E-state index is 0.0858. The van der Waals surface area contributed by atoms with Gasteiger partial charge in [-0.15, -0.1) is 10.2 Å². The Balaban J connectivity index is 2.23. The molecule has 0 saturated carbocycles. The number of nitrogens with zero attached hydrogens (tertiary/aromatic N) is 4. The zero-order chi connectivity index (χ0) is 13.1. The molecular formula is C10H16N4O2S2. The van der Waals surface area contributed by atoms with Crippen molar-refractivity contribution in [2.24, 2.45) is 0 Å². The highest BCUT2D eigenvalue weighted by Gasteiger charge is 2.34. The minimum Gasteiger partial charge on any atom is -0.361 e. The van der Waals surface area contributed by atoms with E-state index in [0.29, 0.717) is 11.7 Å². The van der Waals surface area contributed by atoms with Crippen LogP contribution in [0.2, 0.25) is 0 Å². The fourth-order valence-electron chi connectivity index (χ4n) is 1.75. The van der Waals surface area contributed by atoms with E-state index in [4.69, 9.17) is 4.74 Å². The summed E-state index contributed by atoms with van der Waals surface area (Å²) in [5, 5.41) is 8.77. The second kappa shape index (κ2) is 5.85. The molecule has 0 bridgehead atoms. The number of rotatable bonds is 4. The highest BCUT2D eigenvalue weighted by Crippen LogP contribution is 2.31. The van der Waals surface area contributed by atoms with E-state index in [1.54, 1.807) is 35.7 Å². The van der Waals surface area contributed by atoms with Gasteiger partial charge in [-0.1, -0.05) is 30.0 Å². The van der Waals surface area contributed by atoms with Crippen LogP contribution in [-0.4, -0.2) is 53.8 Å². The lowest BCUT2D eigenvalue weighted by Gasteiger charge is -2.37. The van der Waals surface area contributed by atoms with Gasteiger partial charge < -0.3 is 9.64 Å². The summed E-state index contributed by atoms with van der Waals surface area (Å²) in [5.41, 5.74) is 0. The Labute approximate surface area is 114 Å². The average Bonchev–Trinajstić information content (AvgIpc) is 2.81. The largest absolute Gasteiger partial charge is 0.361 e. The van der Waals surface area contributed by atoms with Gasteiger partial charge in [0.1, 0.15) is 6.23 Å². The Morgan fingerprint density at radius 3 is 3.00 bits per heavy atom. The number of hydrogen-bond acceptors (Lipinski definition) is 6. The lowest BCUT2D eigenvalue weighted by molar-refractivity contribution is 0.0700. The van der Waals surface area contributed by atoms with Gasteiger partial charge in [-0.25, -0.2) is 9.69 Å². The SMILES string of the molecule is CCSc1nnc(N2C(=O)N(C)CCC2OC)s1. The van der Waals surface area contributed by atoms with E-state index >= 15 is 0 Å². The maximum atomic E-state index is 12.2. The van der Waals surface area contributed by atoms with Crippen LogP contribution >= 0.6 is 23.1 Å². The summed E-state index contributed by atoms with van der Waals surface area (Å²) in [5.74, 6) is 0.941. The Bertz CT molecular complexity index is 426. The molecule has 2 rings (SSSR count). The predicted molar refractivity (Wildman–Crippen MR) is 72.2 cm³/mol. The molecule has 0 N–H and O–H groups in total. The van der Waals surface area contributed by atoms with E-state index < -0.39 is 0 Å². The molecule has 1 unspecified atom stereocenters. The molecule has 0 radical (unpaired) electrons. The van der Waals surface area contributed by atoms with Crippen molar-refractivity contribution in [2.45, 2.75) is 23.9 Å². The maximum absolute atomic E-state index is 12.2. The van der Waals surface area contributed by atoms with Crippen LogP contribution in [0.3, 0.4) is 0 Å². The van der Waals surface area contributed by atoms with Crippen LogP contribution in [0.15, 0.2) is 4.34 Å². The van der Waals surface area contributed by atoms with E-state index in [9.17, 15) is 4.79 Å². The Hall–Kier alpha value is -0.860. The zero-order valence-corrected chi connectivity index (χ0v) is 12.3. The van der Waals surface area contributed by atoms with Gasteiger partial charge in [-0.3, -0.25) is 0 Å². The van der Waals surface area contributed by atoms with Crippen molar-refractivity contribution in [3.05, 3.63) is 0 Å². The monoisotopic (exact) mass is 288 g/mol. The third-order valence-electron chi connectivity index (χ3n) is 2.67. The summed E-state index contributed by atoms with van der Waals surface area (Å²) in [6.07, 6.45) is 0.523. The van der Waals surface area contributed by atoms with Crippen LogP contribution in [0, 0.1) is 0 Å². The van der Waals surface area contributed by atoms with Crippen molar-refractivity contribution in [3.63, 3.8) is 0 Å². The quantitative estimate of drug-likeness (QED) is 0.625. The van der Waals surface area contributed by atoms with Crippen LogP contribution in [0.5, 0.6) is 0 Å². The van der Waals surface area contributed by atoms with E-state index in [0.717, 1.165) is 16.5 Å². The Morgan fingerprint density at radius 2 is 2.33 bits per heavy atom. The van der Waals surface area contributed by atoms with Crippen molar-refractivity contribution in [3.8, 4) is 0 Å². The predicted octanol–water partition coefficient (Wildman–Crippen LogP) is 1.88. The number of amides is 2. The first kappa shape index (κ1) is 13.6. The fraction of sp³-hybridized carbons (Fsp3) is 0.700. The smallest absolute Gasteiger partial charge is 0.328 e. The van der Waals surface area contributed by atoms with Crippen molar-refractivity contribution in [2.75, 3.05) is 31.4 Å². The van der Waals surface area contributed by atoms with Crippen LogP contribution in [0.1, 0.15) is 13.3 Å². The highest BCUT2D eigenvalue weighted by molar-refractivity contribution is 8.01. The fourth-order valence-corrected chi connectivity index (χ4v) is 3.52. The second-order valence-corrected chi connectivity index (χ2v) is 6.30. The lowest BCUT2D eigenvalue weighted by Crippen LogP contribution is -2.54. The van der Waals surface area contributed by atoms with Gasteiger partial charge in [0, 0.05) is 27.1 Å². The molecule has 1 aliphatic heterocycles. The summed E-state index contributed by atoms with van der Waals surface area (Å²) in [6, 6.07) is -0.0858.